The molecule has 0 aliphatic heterocycles. The SMILES string of the molecule is CC(SOSC(C)[Si](C)(C)C)[Si](C)(C)C. The van der Waals surface area contributed by atoms with E-state index >= 15 is 0 Å². The summed E-state index contributed by atoms with van der Waals surface area (Å²) in [6.07, 6.45) is 0. The lowest BCUT2D eigenvalue weighted by atomic mass is 11.0. The predicted molar refractivity (Wildman–Crippen MR) is 81.9 cm³/mol. The van der Waals surface area contributed by atoms with Crippen LogP contribution in [0.1, 0.15) is 13.8 Å². The second kappa shape index (κ2) is 6.14. The Labute approximate surface area is 107 Å². The highest BCUT2D eigenvalue weighted by molar-refractivity contribution is 8.10. The van der Waals surface area contributed by atoms with Crippen molar-refractivity contribution in [3.05, 3.63) is 0 Å². The summed E-state index contributed by atoms with van der Waals surface area (Å²) < 4.78 is 5.71. The fourth-order valence-electron chi connectivity index (χ4n) is 0.429. The van der Waals surface area contributed by atoms with Crippen molar-refractivity contribution in [2.75, 3.05) is 0 Å². The van der Waals surface area contributed by atoms with E-state index in [0.29, 0.717) is 9.75 Å². The monoisotopic (exact) mass is 282 g/mol. The van der Waals surface area contributed by atoms with Crippen LogP contribution in [0.3, 0.4) is 0 Å². The van der Waals surface area contributed by atoms with Crippen molar-refractivity contribution in [3.63, 3.8) is 0 Å². The average molecular weight is 283 g/mol. The summed E-state index contributed by atoms with van der Waals surface area (Å²) in [5, 5.41) is 0. The molecular formula is C10H26OS2Si2. The molecular weight excluding hydrogens is 256 g/mol. The number of hydrogen-bond acceptors (Lipinski definition) is 3. The topological polar surface area (TPSA) is 9.23 Å². The Kier molecular flexibility index (Phi) is 6.59. The van der Waals surface area contributed by atoms with Crippen LogP contribution in [0, 0.1) is 0 Å². The van der Waals surface area contributed by atoms with Crippen molar-refractivity contribution in [2.24, 2.45) is 0 Å². The van der Waals surface area contributed by atoms with Gasteiger partial charge in [-0.3, -0.25) is 0 Å². The predicted octanol–water partition coefficient (Wildman–Crippen LogP) is 4.83. The molecule has 0 rings (SSSR count). The Hall–Kier alpha value is 1.09. The zero-order chi connectivity index (χ0) is 12.3. The molecule has 0 amide bonds. The van der Waals surface area contributed by atoms with Crippen molar-refractivity contribution in [1.29, 1.82) is 0 Å². The van der Waals surface area contributed by atoms with E-state index in [1.807, 2.05) is 0 Å². The van der Waals surface area contributed by atoms with Gasteiger partial charge in [0.25, 0.3) is 0 Å². The molecule has 0 radical (unpaired) electrons. The highest BCUT2D eigenvalue weighted by Crippen LogP contribution is 2.31. The standard InChI is InChI=1S/C10H26OS2Si2/c1-9(14(3,4)5)12-11-13-10(2)15(6,7)8/h9-10H,1-8H3. The van der Waals surface area contributed by atoms with E-state index in [1.165, 1.54) is 0 Å². The Morgan fingerprint density at radius 1 is 0.733 bits per heavy atom. The van der Waals surface area contributed by atoms with Gasteiger partial charge in [-0.25, -0.2) is 3.63 Å². The molecule has 0 N–H and O–H groups in total. The van der Waals surface area contributed by atoms with E-state index in [2.05, 4.69) is 53.1 Å². The molecule has 0 aliphatic carbocycles. The maximum Gasteiger partial charge on any atom is 0.0613 e. The number of hydrogen-bond donors (Lipinski definition) is 0. The van der Waals surface area contributed by atoms with Gasteiger partial charge in [-0.05, 0) is 0 Å². The summed E-state index contributed by atoms with van der Waals surface area (Å²) in [6.45, 7) is 18.9. The maximum absolute atomic E-state index is 5.71. The third-order valence-electron chi connectivity index (χ3n) is 2.81. The number of rotatable bonds is 6. The van der Waals surface area contributed by atoms with Gasteiger partial charge < -0.3 is 0 Å². The average Bonchev–Trinajstić information content (AvgIpc) is 2.00. The van der Waals surface area contributed by atoms with Gasteiger partial charge in [-0.15, -0.1) is 0 Å². The fraction of sp³-hybridized carbons (Fsp3) is 1.00. The molecule has 0 bridgehead atoms. The van der Waals surface area contributed by atoms with Crippen molar-refractivity contribution < 1.29 is 3.63 Å². The van der Waals surface area contributed by atoms with Crippen molar-refractivity contribution in [2.45, 2.75) is 62.9 Å². The molecule has 0 heterocycles. The molecule has 1 nitrogen and oxygen atoms in total. The smallest absolute Gasteiger partial charge is 0.0613 e. The summed E-state index contributed by atoms with van der Waals surface area (Å²) >= 11 is 3.35. The van der Waals surface area contributed by atoms with Crippen LogP contribution in [0.5, 0.6) is 0 Å². The van der Waals surface area contributed by atoms with Gasteiger partial charge in [0, 0.05) is 33.8 Å². The molecule has 15 heavy (non-hydrogen) atoms. The highest BCUT2D eigenvalue weighted by Gasteiger charge is 2.26. The minimum absolute atomic E-state index is 0.666. The Bertz CT molecular complexity index is 167. The third kappa shape index (κ3) is 7.10. The molecule has 0 spiro atoms. The van der Waals surface area contributed by atoms with E-state index in [1.54, 1.807) is 24.1 Å². The molecule has 0 saturated carbocycles. The van der Waals surface area contributed by atoms with Crippen LogP contribution in [0.4, 0.5) is 0 Å². The largest absolute Gasteiger partial charge is 0.247 e. The van der Waals surface area contributed by atoms with Crippen LogP contribution in [0.2, 0.25) is 39.3 Å². The van der Waals surface area contributed by atoms with E-state index in [9.17, 15) is 0 Å². The molecule has 0 saturated heterocycles. The van der Waals surface area contributed by atoms with Gasteiger partial charge in [-0.2, -0.15) is 0 Å². The van der Waals surface area contributed by atoms with Gasteiger partial charge in [-0.1, -0.05) is 53.1 Å². The highest BCUT2D eigenvalue weighted by atomic mass is 32.2. The Morgan fingerprint density at radius 2 is 1.00 bits per heavy atom. The first-order valence-corrected chi connectivity index (χ1v) is 14.3. The Morgan fingerprint density at radius 3 is 1.20 bits per heavy atom. The molecule has 5 heteroatoms. The first-order valence-electron chi connectivity index (χ1n) is 5.54. The van der Waals surface area contributed by atoms with Crippen LogP contribution < -0.4 is 0 Å². The summed E-state index contributed by atoms with van der Waals surface area (Å²) in [7, 11) is -2.09. The van der Waals surface area contributed by atoms with Gasteiger partial charge in [0.2, 0.25) is 0 Å². The van der Waals surface area contributed by atoms with E-state index in [-0.39, 0.29) is 0 Å². The van der Waals surface area contributed by atoms with Crippen LogP contribution in [0.15, 0.2) is 0 Å². The van der Waals surface area contributed by atoms with Crippen molar-refractivity contribution in [1.82, 2.24) is 0 Å². The van der Waals surface area contributed by atoms with E-state index < -0.39 is 16.1 Å². The quantitative estimate of drug-likeness (QED) is 0.510. The third-order valence-corrected chi connectivity index (χ3v) is 13.7. The lowest BCUT2D eigenvalue weighted by molar-refractivity contribution is 0.749. The van der Waals surface area contributed by atoms with Crippen LogP contribution in [-0.4, -0.2) is 25.9 Å². The second-order valence-electron chi connectivity index (χ2n) is 6.28. The first-order chi connectivity index (χ1) is 6.55. The molecule has 0 aromatic heterocycles. The summed E-state index contributed by atoms with van der Waals surface area (Å²) in [4.78, 5) is 1.33. The van der Waals surface area contributed by atoms with Crippen LogP contribution >= 0.6 is 24.1 Å². The summed E-state index contributed by atoms with van der Waals surface area (Å²) in [5.41, 5.74) is 0. The molecule has 0 aromatic rings. The van der Waals surface area contributed by atoms with Crippen molar-refractivity contribution >= 4 is 40.2 Å². The molecule has 0 fully saturated rings. The molecule has 92 valence electrons. The van der Waals surface area contributed by atoms with Gasteiger partial charge in [0.05, 0.1) is 16.1 Å². The summed E-state index contributed by atoms with van der Waals surface area (Å²) in [6, 6.07) is 0. The molecule has 0 aliphatic rings. The molecule has 0 aromatic carbocycles. The van der Waals surface area contributed by atoms with Gasteiger partial charge in [0.1, 0.15) is 0 Å². The maximum atomic E-state index is 5.71. The van der Waals surface area contributed by atoms with Crippen molar-refractivity contribution in [3.8, 4) is 0 Å². The lowest BCUT2D eigenvalue weighted by Crippen LogP contribution is -2.34. The first kappa shape index (κ1) is 16.1. The Balaban J connectivity index is 3.81. The van der Waals surface area contributed by atoms with E-state index in [4.69, 9.17) is 3.63 Å². The van der Waals surface area contributed by atoms with Gasteiger partial charge in [0.15, 0.2) is 0 Å². The van der Waals surface area contributed by atoms with Gasteiger partial charge >= 0.3 is 0 Å². The minimum atomic E-state index is -1.04. The fourth-order valence-corrected chi connectivity index (χ4v) is 4.57. The van der Waals surface area contributed by atoms with E-state index in [0.717, 1.165) is 0 Å². The van der Waals surface area contributed by atoms with Crippen LogP contribution in [-0.2, 0) is 3.63 Å². The minimum Gasteiger partial charge on any atom is -0.247 e. The zero-order valence-electron chi connectivity index (χ0n) is 11.4. The second-order valence-corrected chi connectivity index (χ2v) is 20.7. The normalized spacial score (nSPS) is 17.6. The zero-order valence-corrected chi connectivity index (χ0v) is 15.0. The molecule has 2 atom stereocenters. The lowest BCUT2D eigenvalue weighted by Gasteiger charge is -2.26. The summed E-state index contributed by atoms with van der Waals surface area (Å²) in [5.74, 6) is 0. The van der Waals surface area contributed by atoms with Crippen LogP contribution in [0.25, 0.3) is 0 Å². The molecule has 2 unspecified atom stereocenters.